The van der Waals surface area contributed by atoms with Gasteiger partial charge in [-0.05, 0) is 54.8 Å². The number of rotatable bonds is 4. The second kappa shape index (κ2) is 6.28. The van der Waals surface area contributed by atoms with E-state index in [4.69, 9.17) is 0 Å². The molecule has 0 bridgehead atoms. The topological polar surface area (TPSA) is 55.1 Å². The molecule has 3 rings (SSSR count). The van der Waals surface area contributed by atoms with Gasteiger partial charge in [0.25, 0.3) is 0 Å². The molecular formula is C19H17FN2O2. The fourth-order valence-corrected chi connectivity index (χ4v) is 2.54. The molecule has 1 N–H and O–H groups in total. The summed E-state index contributed by atoms with van der Waals surface area (Å²) in [5.74, 6) is -1.38. The van der Waals surface area contributed by atoms with E-state index in [1.54, 1.807) is 22.9 Å². The molecule has 0 radical (unpaired) electrons. The third kappa shape index (κ3) is 3.20. The number of halogens is 1. The van der Waals surface area contributed by atoms with Crippen molar-refractivity contribution in [2.24, 2.45) is 0 Å². The Kier molecular flexibility index (Phi) is 4.16. The predicted octanol–water partition coefficient (Wildman–Crippen LogP) is 4.05. The van der Waals surface area contributed by atoms with Crippen LogP contribution in [-0.4, -0.2) is 20.9 Å². The quantitative estimate of drug-likeness (QED) is 0.787. The van der Waals surface area contributed by atoms with E-state index in [-0.39, 0.29) is 11.5 Å². The van der Waals surface area contributed by atoms with Crippen molar-refractivity contribution >= 4 is 5.97 Å². The monoisotopic (exact) mass is 324 g/mol. The smallest absolute Gasteiger partial charge is 0.356 e. The predicted molar refractivity (Wildman–Crippen MR) is 89.6 cm³/mol. The maximum Gasteiger partial charge on any atom is 0.356 e. The number of aromatic carboxylic acids is 1. The minimum atomic E-state index is -1.07. The molecule has 122 valence electrons. The molecule has 3 aromatic rings. The summed E-state index contributed by atoms with van der Waals surface area (Å²) in [5.41, 5.74) is 4.76. The molecule has 4 nitrogen and oxygen atoms in total. The zero-order valence-corrected chi connectivity index (χ0v) is 13.5. The largest absolute Gasteiger partial charge is 0.476 e. The lowest BCUT2D eigenvalue weighted by Gasteiger charge is -2.09. The van der Waals surface area contributed by atoms with E-state index in [9.17, 15) is 14.3 Å². The van der Waals surface area contributed by atoms with Gasteiger partial charge in [-0.15, -0.1) is 0 Å². The second-order valence-electron chi connectivity index (χ2n) is 5.80. The number of carbonyl (C=O) groups is 1. The third-order valence-corrected chi connectivity index (χ3v) is 4.05. The average molecular weight is 324 g/mol. The van der Waals surface area contributed by atoms with Gasteiger partial charge in [0.15, 0.2) is 5.69 Å². The van der Waals surface area contributed by atoms with E-state index < -0.39 is 5.97 Å². The maximum absolute atomic E-state index is 13.1. The van der Waals surface area contributed by atoms with Crippen LogP contribution in [0.1, 0.15) is 27.2 Å². The number of carboxylic acids is 1. The fourth-order valence-electron chi connectivity index (χ4n) is 2.54. The van der Waals surface area contributed by atoms with Gasteiger partial charge >= 0.3 is 5.97 Å². The molecule has 0 aliphatic carbocycles. The summed E-state index contributed by atoms with van der Waals surface area (Å²) < 4.78 is 14.7. The lowest BCUT2D eigenvalue weighted by atomic mass is 10.0. The Morgan fingerprint density at radius 1 is 1.08 bits per heavy atom. The Morgan fingerprint density at radius 3 is 2.42 bits per heavy atom. The number of hydrogen-bond acceptors (Lipinski definition) is 2. The first-order chi connectivity index (χ1) is 11.4. The van der Waals surface area contributed by atoms with Crippen molar-refractivity contribution in [3.8, 4) is 11.3 Å². The van der Waals surface area contributed by atoms with Crippen LogP contribution in [0.2, 0.25) is 0 Å². The van der Waals surface area contributed by atoms with Crippen LogP contribution in [0.4, 0.5) is 4.39 Å². The van der Waals surface area contributed by atoms with Crippen LogP contribution in [0.5, 0.6) is 0 Å². The number of benzene rings is 2. The molecule has 0 saturated heterocycles. The molecule has 1 heterocycles. The van der Waals surface area contributed by atoms with E-state index in [1.165, 1.54) is 17.7 Å². The molecule has 0 fully saturated rings. The Hall–Kier alpha value is -2.95. The summed E-state index contributed by atoms with van der Waals surface area (Å²) in [4.78, 5) is 11.3. The van der Waals surface area contributed by atoms with Gasteiger partial charge in [-0.2, -0.15) is 5.10 Å². The van der Waals surface area contributed by atoms with Gasteiger partial charge in [-0.3, -0.25) is 4.68 Å². The number of hydrogen-bond donors (Lipinski definition) is 1. The van der Waals surface area contributed by atoms with Crippen molar-refractivity contribution in [3.63, 3.8) is 0 Å². The summed E-state index contributed by atoms with van der Waals surface area (Å²) in [5, 5.41) is 13.4. The lowest BCUT2D eigenvalue weighted by molar-refractivity contribution is 0.0689. The highest BCUT2D eigenvalue weighted by atomic mass is 19.1. The van der Waals surface area contributed by atoms with E-state index in [1.807, 2.05) is 32.0 Å². The van der Waals surface area contributed by atoms with Crippen molar-refractivity contribution in [2.45, 2.75) is 20.4 Å². The minimum Gasteiger partial charge on any atom is -0.476 e. The normalized spacial score (nSPS) is 10.8. The van der Waals surface area contributed by atoms with Crippen molar-refractivity contribution in [1.82, 2.24) is 9.78 Å². The highest BCUT2D eigenvalue weighted by Gasteiger charge is 2.15. The van der Waals surface area contributed by atoms with Crippen molar-refractivity contribution < 1.29 is 14.3 Å². The Morgan fingerprint density at radius 2 is 1.79 bits per heavy atom. The van der Waals surface area contributed by atoms with Gasteiger partial charge in [0.2, 0.25) is 0 Å². The first kappa shape index (κ1) is 15.9. The van der Waals surface area contributed by atoms with E-state index in [0.29, 0.717) is 6.54 Å². The Balaban J connectivity index is 2.05. The van der Waals surface area contributed by atoms with E-state index in [0.717, 1.165) is 22.4 Å². The molecule has 0 aliphatic rings. The molecule has 0 unspecified atom stereocenters. The van der Waals surface area contributed by atoms with Crippen LogP contribution in [-0.2, 0) is 6.54 Å². The zero-order valence-electron chi connectivity index (χ0n) is 13.5. The van der Waals surface area contributed by atoms with Gasteiger partial charge in [0.05, 0.1) is 12.2 Å². The molecule has 24 heavy (non-hydrogen) atoms. The molecule has 0 amide bonds. The number of aryl methyl sites for hydroxylation is 2. The van der Waals surface area contributed by atoms with Crippen molar-refractivity contribution in [3.05, 3.63) is 76.7 Å². The number of aromatic nitrogens is 2. The van der Waals surface area contributed by atoms with Gasteiger partial charge in [0.1, 0.15) is 5.82 Å². The SMILES string of the molecule is Cc1ccc(-c2cc(C(=O)O)nn2Cc2ccc(F)cc2)cc1C. The molecule has 0 spiro atoms. The molecule has 2 aromatic carbocycles. The Bertz CT molecular complexity index is 898. The molecule has 0 aliphatic heterocycles. The highest BCUT2D eigenvalue weighted by Crippen LogP contribution is 2.24. The molecule has 5 heteroatoms. The number of nitrogens with zero attached hydrogens (tertiary/aromatic N) is 2. The van der Waals surface area contributed by atoms with Crippen LogP contribution in [0, 0.1) is 19.7 Å². The summed E-state index contributed by atoms with van der Waals surface area (Å²) in [7, 11) is 0. The molecule has 1 aromatic heterocycles. The second-order valence-corrected chi connectivity index (χ2v) is 5.80. The van der Waals surface area contributed by atoms with Crippen molar-refractivity contribution in [2.75, 3.05) is 0 Å². The van der Waals surface area contributed by atoms with Gasteiger partial charge in [-0.1, -0.05) is 24.3 Å². The average Bonchev–Trinajstić information content (AvgIpc) is 2.96. The van der Waals surface area contributed by atoms with E-state index >= 15 is 0 Å². The minimum absolute atomic E-state index is 0.00894. The molecular weight excluding hydrogens is 307 g/mol. The first-order valence-electron chi connectivity index (χ1n) is 7.57. The molecule has 0 saturated carbocycles. The summed E-state index contributed by atoms with van der Waals surface area (Å²) in [6.45, 7) is 4.41. The summed E-state index contributed by atoms with van der Waals surface area (Å²) in [6.07, 6.45) is 0. The van der Waals surface area contributed by atoms with Crippen LogP contribution in [0.15, 0.2) is 48.5 Å². The van der Waals surface area contributed by atoms with Crippen LogP contribution < -0.4 is 0 Å². The summed E-state index contributed by atoms with van der Waals surface area (Å²) in [6, 6.07) is 13.6. The van der Waals surface area contributed by atoms with E-state index in [2.05, 4.69) is 5.10 Å². The fraction of sp³-hybridized carbons (Fsp3) is 0.158. The van der Waals surface area contributed by atoms with Gasteiger partial charge in [0, 0.05) is 5.56 Å². The lowest BCUT2D eigenvalue weighted by Crippen LogP contribution is -2.06. The molecule has 0 atom stereocenters. The first-order valence-corrected chi connectivity index (χ1v) is 7.57. The standard InChI is InChI=1S/C19H17FN2O2/c1-12-3-6-15(9-13(12)2)18-10-17(19(23)24)21-22(18)11-14-4-7-16(20)8-5-14/h3-10H,11H2,1-2H3,(H,23,24). The van der Waals surface area contributed by atoms with Gasteiger partial charge < -0.3 is 5.11 Å². The van der Waals surface area contributed by atoms with Crippen LogP contribution in [0.3, 0.4) is 0 Å². The van der Waals surface area contributed by atoms with Crippen LogP contribution in [0.25, 0.3) is 11.3 Å². The van der Waals surface area contributed by atoms with Crippen molar-refractivity contribution in [1.29, 1.82) is 0 Å². The zero-order chi connectivity index (χ0) is 17.3. The van der Waals surface area contributed by atoms with Crippen LogP contribution >= 0.6 is 0 Å². The number of carboxylic acid groups (broad SMARTS) is 1. The maximum atomic E-state index is 13.1. The highest BCUT2D eigenvalue weighted by molar-refractivity contribution is 5.87. The Labute approximate surface area is 139 Å². The van der Waals surface area contributed by atoms with Gasteiger partial charge in [-0.25, -0.2) is 9.18 Å². The summed E-state index contributed by atoms with van der Waals surface area (Å²) >= 11 is 0. The third-order valence-electron chi connectivity index (χ3n) is 4.05.